The fraction of sp³-hybridized carbons (Fsp3) is 0.941. The van der Waals surface area contributed by atoms with Gasteiger partial charge in [-0.25, -0.2) is 0 Å². The van der Waals surface area contributed by atoms with Gasteiger partial charge in [0, 0.05) is 5.92 Å². The molecule has 0 saturated heterocycles. The third kappa shape index (κ3) is 10.2. The molecule has 0 aliphatic heterocycles. The third-order valence-electron chi connectivity index (χ3n) is 4.34. The second kappa shape index (κ2) is 13.4. The molecule has 0 fully saturated rings. The summed E-state index contributed by atoms with van der Waals surface area (Å²) in [6, 6.07) is 0. The van der Waals surface area contributed by atoms with Crippen LogP contribution < -0.4 is 11.9 Å². The highest BCUT2D eigenvalue weighted by atomic mass is 16.1. The Morgan fingerprint density at radius 1 is 0.900 bits per heavy atom. The van der Waals surface area contributed by atoms with Crippen LogP contribution in [0.4, 0.5) is 0 Å². The molecule has 0 aromatic heterocycles. The van der Waals surface area contributed by atoms with Crippen molar-refractivity contribution in [3.8, 4) is 0 Å². The molecule has 0 aliphatic carbocycles. The van der Waals surface area contributed by atoms with E-state index in [-0.39, 0.29) is 18.0 Å². The molecule has 0 radical (unpaired) electrons. The fourth-order valence-corrected chi connectivity index (χ4v) is 2.89. The highest BCUT2D eigenvalue weighted by Crippen LogP contribution is 2.26. The molecule has 0 saturated carbocycles. The second-order valence-electron chi connectivity index (χ2n) is 6.36. The molecule has 5 N–H and O–H groups in total. The lowest BCUT2D eigenvalue weighted by Gasteiger charge is -2.25. The van der Waals surface area contributed by atoms with E-state index in [2.05, 4.69) is 20.8 Å². The summed E-state index contributed by atoms with van der Waals surface area (Å²) in [6.45, 7) is 8.65. The quantitative estimate of drug-likeness (QED) is 0.491. The van der Waals surface area contributed by atoms with E-state index in [0.717, 1.165) is 6.42 Å². The van der Waals surface area contributed by atoms with Crippen LogP contribution in [0.1, 0.15) is 85.5 Å². The molecule has 2 unspecified atom stereocenters. The minimum Gasteiger partial charge on any atom is -0.369 e. The van der Waals surface area contributed by atoms with Crippen LogP contribution >= 0.6 is 0 Å². The van der Waals surface area contributed by atoms with Crippen molar-refractivity contribution in [2.75, 3.05) is 0 Å². The standard InChI is InChI=1S/C17H35NO.H3N/c1-5-6-7-8-9-10-11-12-13-16(14(2)3)15(4)17(18)19;/h14-16H,5-13H2,1-4H3,(H2,18,19);1H3. The summed E-state index contributed by atoms with van der Waals surface area (Å²) in [5.74, 6) is 0.882. The first kappa shape index (κ1) is 21.7. The number of rotatable bonds is 12. The Kier molecular flexibility index (Phi) is 14.6. The van der Waals surface area contributed by atoms with Gasteiger partial charge in [0.2, 0.25) is 5.91 Å². The average Bonchev–Trinajstić information content (AvgIpc) is 2.35. The number of nitrogens with two attached hydrogens (primary N) is 1. The summed E-state index contributed by atoms with van der Waals surface area (Å²) >= 11 is 0. The molecule has 20 heavy (non-hydrogen) atoms. The zero-order valence-electron chi connectivity index (χ0n) is 14.3. The van der Waals surface area contributed by atoms with Crippen LogP contribution in [0, 0.1) is 17.8 Å². The third-order valence-corrected chi connectivity index (χ3v) is 4.34. The molecule has 0 bridgehead atoms. The van der Waals surface area contributed by atoms with Crippen molar-refractivity contribution in [3.05, 3.63) is 0 Å². The molecule has 1 amide bonds. The molecule has 3 nitrogen and oxygen atoms in total. The van der Waals surface area contributed by atoms with Crippen LogP contribution in [0.15, 0.2) is 0 Å². The van der Waals surface area contributed by atoms with E-state index in [1.165, 1.54) is 51.4 Å². The number of carbonyl (C=O) groups excluding carboxylic acids is 1. The van der Waals surface area contributed by atoms with Gasteiger partial charge in [-0.15, -0.1) is 0 Å². The Morgan fingerprint density at radius 2 is 1.35 bits per heavy atom. The highest BCUT2D eigenvalue weighted by Gasteiger charge is 2.24. The lowest BCUT2D eigenvalue weighted by atomic mass is 9.80. The topological polar surface area (TPSA) is 78.1 Å². The normalized spacial score (nSPS) is 13.8. The average molecular weight is 287 g/mol. The van der Waals surface area contributed by atoms with E-state index < -0.39 is 0 Å². The van der Waals surface area contributed by atoms with Crippen molar-refractivity contribution < 1.29 is 4.79 Å². The lowest BCUT2D eigenvalue weighted by molar-refractivity contribution is -0.123. The Morgan fingerprint density at radius 3 is 1.75 bits per heavy atom. The van der Waals surface area contributed by atoms with Gasteiger partial charge in [0.05, 0.1) is 0 Å². The molecule has 3 heteroatoms. The van der Waals surface area contributed by atoms with E-state index in [1.54, 1.807) is 0 Å². The highest BCUT2D eigenvalue weighted by molar-refractivity contribution is 5.76. The fourth-order valence-electron chi connectivity index (χ4n) is 2.89. The molecule has 0 aromatic rings. The van der Waals surface area contributed by atoms with Gasteiger partial charge in [0.1, 0.15) is 0 Å². The van der Waals surface area contributed by atoms with Gasteiger partial charge >= 0.3 is 0 Å². The van der Waals surface area contributed by atoms with Crippen molar-refractivity contribution in [3.63, 3.8) is 0 Å². The SMILES string of the molecule is CCCCCCCCCCC(C(C)C)C(C)C(N)=O.N. The van der Waals surface area contributed by atoms with E-state index in [1.807, 2.05) is 6.92 Å². The molecular weight excluding hydrogens is 248 g/mol. The van der Waals surface area contributed by atoms with Crippen LogP contribution in [0.25, 0.3) is 0 Å². The minimum atomic E-state index is -0.140. The summed E-state index contributed by atoms with van der Waals surface area (Å²) in [4.78, 5) is 11.3. The first-order valence-corrected chi connectivity index (χ1v) is 8.30. The number of primary amides is 1. The van der Waals surface area contributed by atoms with Gasteiger partial charge in [-0.2, -0.15) is 0 Å². The zero-order valence-corrected chi connectivity index (χ0v) is 14.3. The van der Waals surface area contributed by atoms with E-state index >= 15 is 0 Å². The van der Waals surface area contributed by atoms with Crippen molar-refractivity contribution >= 4 is 5.91 Å². The smallest absolute Gasteiger partial charge is 0.220 e. The van der Waals surface area contributed by atoms with Crippen LogP contribution in [0.2, 0.25) is 0 Å². The van der Waals surface area contributed by atoms with E-state index in [9.17, 15) is 4.79 Å². The maximum Gasteiger partial charge on any atom is 0.220 e. The number of carbonyl (C=O) groups is 1. The number of hydrogen-bond donors (Lipinski definition) is 2. The van der Waals surface area contributed by atoms with Gasteiger partial charge in [-0.3, -0.25) is 4.79 Å². The molecule has 0 rings (SSSR count). The second-order valence-corrected chi connectivity index (χ2v) is 6.36. The van der Waals surface area contributed by atoms with Crippen LogP contribution in [-0.2, 0) is 4.79 Å². The predicted octanol–water partition coefficient (Wildman–Crippen LogP) is 5.07. The van der Waals surface area contributed by atoms with Crippen LogP contribution in [0.5, 0.6) is 0 Å². The number of amides is 1. The summed E-state index contributed by atoms with van der Waals surface area (Å²) in [7, 11) is 0. The summed E-state index contributed by atoms with van der Waals surface area (Å²) < 4.78 is 0. The van der Waals surface area contributed by atoms with Crippen molar-refractivity contribution in [2.24, 2.45) is 23.5 Å². The van der Waals surface area contributed by atoms with Gasteiger partial charge in [-0.05, 0) is 18.3 Å². The summed E-state index contributed by atoms with van der Waals surface area (Å²) in [5, 5.41) is 0. The van der Waals surface area contributed by atoms with Crippen LogP contribution in [-0.4, -0.2) is 5.91 Å². The Labute approximate surface area is 126 Å². The Bertz CT molecular complexity index is 229. The first-order valence-electron chi connectivity index (χ1n) is 8.30. The summed E-state index contributed by atoms with van der Waals surface area (Å²) in [5.41, 5.74) is 5.43. The molecule has 0 spiro atoms. The van der Waals surface area contributed by atoms with Crippen molar-refractivity contribution in [1.29, 1.82) is 0 Å². The molecule has 0 heterocycles. The molecule has 122 valence electrons. The monoisotopic (exact) mass is 286 g/mol. The van der Waals surface area contributed by atoms with Gasteiger partial charge in [-0.1, -0.05) is 79.1 Å². The van der Waals surface area contributed by atoms with Gasteiger partial charge < -0.3 is 11.9 Å². The van der Waals surface area contributed by atoms with E-state index in [4.69, 9.17) is 5.73 Å². The molecule has 0 aromatic carbocycles. The number of hydrogen-bond acceptors (Lipinski definition) is 2. The number of unbranched alkanes of at least 4 members (excludes halogenated alkanes) is 7. The molecule has 0 aliphatic rings. The maximum absolute atomic E-state index is 11.3. The lowest BCUT2D eigenvalue weighted by Crippen LogP contribution is -2.30. The Balaban J connectivity index is 0. The predicted molar refractivity (Wildman–Crippen MR) is 88.9 cm³/mol. The van der Waals surface area contributed by atoms with Gasteiger partial charge in [0.25, 0.3) is 0 Å². The van der Waals surface area contributed by atoms with Crippen molar-refractivity contribution in [1.82, 2.24) is 6.15 Å². The Hall–Kier alpha value is -0.570. The maximum atomic E-state index is 11.3. The van der Waals surface area contributed by atoms with Gasteiger partial charge in [0.15, 0.2) is 0 Å². The van der Waals surface area contributed by atoms with Crippen molar-refractivity contribution in [2.45, 2.75) is 85.5 Å². The largest absolute Gasteiger partial charge is 0.369 e. The minimum absolute atomic E-state index is 0. The molecule has 2 atom stereocenters. The van der Waals surface area contributed by atoms with Crippen LogP contribution in [0.3, 0.4) is 0 Å². The summed E-state index contributed by atoms with van der Waals surface area (Å²) in [6.07, 6.45) is 11.9. The van der Waals surface area contributed by atoms with E-state index in [0.29, 0.717) is 11.8 Å². The zero-order chi connectivity index (χ0) is 14.7. The first-order chi connectivity index (χ1) is 9.00. The molecular formula is C17H38N2O.